The highest BCUT2D eigenvalue weighted by atomic mass is 16.7. The van der Waals surface area contributed by atoms with E-state index in [0.717, 1.165) is 5.56 Å². The first-order chi connectivity index (χ1) is 13.9. The second-order valence-corrected chi connectivity index (χ2v) is 6.72. The minimum atomic E-state index is -1.29. The van der Waals surface area contributed by atoms with Gasteiger partial charge < -0.3 is 19.3 Å². The molecule has 1 saturated heterocycles. The van der Waals surface area contributed by atoms with Gasteiger partial charge in [0.25, 0.3) is 11.7 Å². The van der Waals surface area contributed by atoms with Crippen LogP contribution in [0.5, 0.6) is 0 Å². The Balaban J connectivity index is 1.61. The van der Waals surface area contributed by atoms with Crippen LogP contribution >= 0.6 is 0 Å². The topological polar surface area (TPSA) is 104 Å². The Morgan fingerprint density at radius 2 is 1.59 bits per heavy atom. The molecule has 3 aromatic rings. The summed E-state index contributed by atoms with van der Waals surface area (Å²) >= 11 is 0. The predicted octanol–water partition coefficient (Wildman–Crippen LogP) is 3.54. The molecule has 8 nitrogen and oxygen atoms in total. The van der Waals surface area contributed by atoms with Crippen molar-refractivity contribution in [2.45, 2.75) is 19.6 Å². The normalized spacial score (nSPS) is 15.4. The summed E-state index contributed by atoms with van der Waals surface area (Å²) in [5, 5.41) is 6.94. The molecular formula is C21H17N3O5. The fourth-order valence-electron chi connectivity index (χ4n) is 2.76. The summed E-state index contributed by atoms with van der Waals surface area (Å²) in [5.74, 6) is -2.07. The van der Waals surface area contributed by atoms with Gasteiger partial charge >= 0.3 is 11.9 Å². The number of rotatable bonds is 4. The summed E-state index contributed by atoms with van der Waals surface area (Å²) in [7, 11) is 0. The van der Waals surface area contributed by atoms with Gasteiger partial charge in [-0.2, -0.15) is 4.98 Å². The van der Waals surface area contributed by atoms with Crippen molar-refractivity contribution < 1.29 is 23.6 Å². The minimum Gasteiger partial charge on any atom is -0.419 e. The summed E-state index contributed by atoms with van der Waals surface area (Å²) < 4.78 is 15.6. The van der Waals surface area contributed by atoms with Crippen molar-refractivity contribution in [2.75, 3.05) is 5.32 Å². The predicted molar refractivity (Wildman–Crippen MR) is 103 cm³/mol. The first-order valence-corrected chi connectivity index (χ1v) is 8.85. The fourth-order valence-corrected chi connectivity index (χ4v) is 2.76. The molecule has 0 unspecified atom stereocenters. The Hall–Kier alpha value is -3.94. The van der Waals surface area contributed by atoms with Crippen molar-refractivity contribution in [1.82, 2.24) is 10.1 Å². The van der Waals surface area contributed by atoms with Crippen molar-refractivity contribution in [3.63, 3.8) is 0 Å². The van der Waals surface area contributed by atoms with E-state index in [-0.39, 0.29) is 5.57 Å². The Morgan fingerprint density at radius 3 is 2.31 bits per heavy atom. The third-order valence-corrected chi connectivity index (χ3v) is 4.10. The van der Waals surface area contributed by atoms with Gasteiger partial charge in [-0.1, -0.05) is 47.6 Å². The minimum absolute atomic E-state index is 0.241. The van der Waals surface area contributed by atoms with Crippen LogP contribution in [0.25, 0.3) is 22.8 Å². The highest BCUT2D eigenvalue weighted by Crippen LogP contribution is 2.29. The molecule has 0 aliphatic carbocycles. The quantitative estimate of drug-likeness (QED) is 0.409. The zero-order valence-electron chi connectivity index (χ0n) is 15.7. The van der Waals surface area contributed by atoms with Crippen LogP contribution in [0.15, 0.2) is 70.9 Å². The molecular weight excluding hydrogens is 374 g/mol. The second-order valence-electron chi connectivity index (χ2n) is 6.72. The number of nitrogens with zero attached hydrogens (tertiary/aromatic N) is 2. The van der Waals surface area contributed by atoms with Crippen LogP contribution in [0.4, 0.5) is 5.69 Å². The maximum absolute atomic E-state index is 12.1. The third-order valence-electron chi connectivity index (χ3n) is 4.10. The number of anilines is 1. The molecule has 0 radical (unpaired) electrons. The van der Waals surface area contributed by atoms with Gasteiger partial charge in [-0.15, -0.1) is 0 Å². The van der Waals surface area contributed by atoms with E-state index in [1.807, 2.05) is 36.4 Å². The summed E-state index contributed by atoms with van der Waals surface area (Å²) in [6.07, 6.45) is 1.24. The molecule has 1 aliphatic rings. The van der Waals surface area contributed by atoms with Gasteiger partial charge in [-0.25, -0.2) is 9.59 Å². The molecule has 0 bridgehead atoms. The largest absolute Gasteiger partial charge is 0.419 e. The lowest BCUT2D eigenvalue weighted by molar-refractivity contribution is -0.222. The van der Waals surface area contributed by atoms with Crippen molar-refractivity contribution in [3.05, 3.63) is 66.4 Å². The van der Waals surface area contributed by atoms with Gasteiger partial charge in [0.15, 0.2) is 5.57 Å². The van der Waals surface area contributed by atoms with Gasteiger partial charge in [0, 0.05) is 25.6 Å². The number of cyclic esters (lactones) is 2. The number of hydrogen-bond acceptors (Lipinski definition) is 8. The van der Waals surface area contributed by atoms with Crippen LogP contribution in [0.1, 0.15) is 13.8 Å². The molecule has 0 spiro atoms. The number of carbonyl (C=O) groups excluding carboxylic acids is 2. The van der Waals surface area contributed by atoms with Crippen LogP contribution in [0.3, 0.4) is 0 Å². The number of ether oxygens (including phenoxy) is 2. The van der Waals surface area contributed by atoms with Crippen molar-refractivity contribution in [2.24, 2.45) is 0 Å². The molecule has 1 N–H and O–H groups in total. The lowest BCUT2D eigenvalue weighted by Gasteiger charge is -2.29. The SMILES string of the molecule is CC1(C)OC(=O)C(=CNc2ccccc2-c2nc(-c3ccccc3)no2)C(=O)O1. The maximum Gasteiger partial charge on any atom is 0.350 e. The van der Waals surface area contributed by atoms with Gasteiger partial charge in [0.1, 0.15) is 0 Å². The van der Waals surface area contributed by atoms with E-state index in [4.69, 9.17) is 14.0 Å². The summed E-state index contributed by atoms with van der Waals surface area (Å²) in [6.45, 7) is 2.98. The molecule has 0 amide bonds. The maximum atomic E-state index is 12.1. The second kappa shape index (κ2) is 7.23. The smallest absolute Gasteiger partial charge is 0.350 e. The van der Waals surface area contributed by atoms with E-state index in [2.05, 4.69) is 15.5 Å². The number of carbonyl (C=O) groups is 2. The van der Waals surface area contributed by atoms with Gasteiger partial charge in [0.2, 0.25) is 5.82 Å². The van der Waals surface area contributed by atoms with Crippen molar-refractivity contribution in [1.29, 1.82) is 0 Å². The third kappa shape index (κ3) is 3.86. The number of nitrogens with one attached hydrogen (secondary N) is 1. The molecule has 1 fully saturated rings. The van der Waals surface area contributed by atoms with Crippen LogP contribution in [0.2, 0.25) is 0 Å². The first-order valence-electron chi connectivity index (χ1n) is 8.85. The Morgan fingerprint density at radius 1 is 0.931 bits per heavy atom. The zero-order valence-corrected chi connectivity index (χ0v) is 15.7. The average Bonchev–Trinajstić information content (AvgIpc) is 3.17. The molecule has 2 aromatic carbocycles. The zero-order chi connectivity index (χ0) is 20.4. The van der Waals surface area contributed by atoms with Gasteiger partial charge in [-0.3, -0.25) is 0 Å². The standard InChI is InChI=1S/C21H17N3O5/c1-21(2)27-19(25)15(20(26)28-21)12-22-16-11-7-6-10-14(16)18-23-17(24-29-18)13-8-4-3-5-9-13/h3-12,22H,1-2H3. The number of aromatic nitrogens is 2. The first kappa shape index (κ1) is 18.4. The molecule has 146 valence electrons. The van der Waals surface area contributed by atoms with E-state index in [9.17, 15) is 9.59 Å². The molecule has 8 heteroatoms. The van der Waals surface area contributed by atoms with E-state index in [1.54, 1.807) is 18.2 Å². The Labute approximate surface area is 166 Å². The van der Waals surface area contributed by atoms with Crippen LogP contribution in [-0.4, -0.2) is 27.9 Å². The monoisotopic (exact) mass is 391 g/mol. The van der Waals surface area contributed by atoms with Crippen LogP contribution in [0, 0.1) is 0 Å². The highest BCUT2D eigenvalue weighted by molar-refractivity contribution is 6.15. The molecule has 4 rings (SSSR count). The molecule has 1 aromatic heterocycles. The highest BCUT2D eigenvalue weighted by Gasteiger charge is 2.39. The lowest BCUT2D eigenvalue weighted by atomic mass is 10.1. The molecule has 0 saturated carbocycles. The molecule has 2 heterocycles. The summed E-state index contributed by atoms with van der Waals surface area (Å²) in [5.41, 5.74) is 1.76. The van der Waals surface area contributed by atoms with Crippen LogP contribution < -0.4 is 5.32 Å². The number of esters is 2. The molecule has 1 aliphatic heterocycles. The van der Waals surface area contributed by atoms with E-state index in [1.165, 1.54) is 20.0 Å². The molecule has 29 heavy (non-hydrogen) atoms. The average molecular weight is 391 g/mol. The number of para-hydroxylation sites is 1. The number of benzene rings is 2. The van der Waals surface area contributed by atoms with Crippen molar-refractivity contribution >= 4 is 17.6 Å². The lowest BCUT2D eigenvalue weighted by Crippen LogP contribution is -2.42. The Kier molecular flexibility index (Phi) is 4.59. The van der Waals surface area contributed by atoms with Gasteiger partial charge in [0.05, 0.1) is 11.3 Å². The summed E-state index contributed by atoms with van der Waals surface area (Å²) in [4.78, 5) is 28.6. The van der Waals surface area contributed by atoms with Gasteiger partial charge in [-0.05, 0) is 12.1 Å². The fraction of sp³-hybridized carbons (Fsp3) is 0.143. The van der Waals surface area contributed by atoms with Crippen molar-refractivity contribution in [3.8, 4) is 22.8 Å². The van der Waals surface area contributed by atoms with E-state index >= 15 is 0 Å². The van der Waals surface area contributed by atoms with Crippen LogP contribution in [-0.2, 0) is 19.1 Å². The Bertz CT molecular complexity index is 1080. The van der Waals surface area contributed by atoms with E-state index in [0.29, 0.717) is 23.0 Å². The summed E-state index contributed by atoms with van der Waals surface area (Å²) in [6, 6.07) is 16.6. The van der Waals surface area contributed by atoms with E-state index < -0.39 is 17.7 Å². The number of hydrogen-bond donors (Lipinski definition) is 1. The molecule has 0 atom stereocenters.